The molecule has 0 spiro atoms. The van der Waals surface area contributed by atoms with Gasteiger partial charge in [0, 0.05) is 36.6 Å². The molecule has 29 heavy (non-hydrogen) atoms. The van der Waals surface area contributed by atoms with E-state index in [1.54, 1.807) is 36.4 Å². The van der Waals surface area contributed by atoms with Gasteiger partial charge in [-0.05, 0) is 62.7 Å². The summed E-state index contributed by atoms with van der Waals surface area (Å²) in [6, 6.07) is 10.5. The van der Waals surface area contributed by atoms with Crippen LogP contribution in [0.4, 0.5) is 16.3 Å². The average molecular weight is 414 g/mol. The van der Waals surface area contributed by atoms with Crippen molar-refractivity contribution < 1.29 is 9.59 Å². The van der Waals surface area contributed by atoms with Crippen molar-refractivity contribution in [3.05, 3.63) is 53.2 Å². The molecule has 0 aliphatic carbocycles. The molecule has 8 heteroatoms. The Morgan fingerprint density at radius 3 is 2.66 bits per heavy atom. The molecule has 2 saturated heterocycles. The van der Waals surface area contributed by atoms with E-state index in [1.165, 1.54) is 19.0 Å². The molecule has 0 bridgehead atoms. The van der Waals surface area contributed by atoms with Crippen molar-refractivity contribution in [1.82, 2.24) is 14.8 Å². The van der Waals surface area contributed by atoms with Crippen LogP contribution in [0.3, 0.4) is 0 Å². The lowest BCUT2D eigenvalue weighted by atomic mass is 10.2. The highest BCUT2D eigenvalue weighted by atomic mass is 35.5. The molecule has 2 aliphatic heterocycles. The zero-order valence-corrected chi connectivity index (χ0v) is 16.9. The minimum Gasteiger partial charge on any atom is -0.323 e. The molecule has 2 fully saturated rings. The molecule has 0 saturated carbocycles. The van der Waals surface area contributed by atoms with Crippen molar-refractivity contribution in [2.45, 2.75) is 25.3 Å². The normalized spacial score (nSPS) is 19.3. The minimum atomic E-state index is -0.300. The molecule has 152 valence electrons. The summed E-state index contributed by atoms with van der Waals surface area (Å²) in [6.07, 6.45) is 5.00. The fourth-order valence-electron chi connectivity index (χ4n) is 3.91. The van der Waals surface area contributed by atoms with Gasteiger partial charge in [-0.2, -0.15) is 0 Å². The number of halogens is 1. The number of likely N-dealkylation sites (tertiary alicyclic amines) is 2. The summed E-state index contributed by atoms with van der Waals surface area (Å²) in [5.74, 6) is 0.116. The lowest BCUT2D eigenvalue weighted by Crippen LogP contribution is -2.38. The van der Waals surface area contributed by atoms with Crippen LogP contribution >= 0.6 is 11.6 Å². The van der Waals surface area contributed by atoms with E-state index in [4.69, 9.17) is 11.6 Å². The second-order valence-corrected chi connectivity index (χ2v) is 7.89. The van der Waals surface area contributed by atoms with Gasteiger partial charge >= 0.3 is 6.03 Å². The van der Waals surface area contributed by atoms with Gasteiger partial charge in [0.25, 0.3) is 5.91 Å². The number of carbonyl (C=O) groups excluding carboxylic acids is 2. The summed E-state index contributed by atoms with van der Waals surface area (Å²) in [4.78, 5) is 33.5. The molecule has 1 aromatic carbocycles. The number of nitrogens with zero attached hydrogens (tertiary/aromatic N) is 3. The smallest absolute Gasteiger partial charge is 0.321 e. The van der Waals surface area contributed by atoms with E-state index in [0.29, 0.717) is 28.1 Å². The first kappa shape index (κ1) is 19.7. The van der Waals surface area contributed by atoms with Gasteiger partial charge in [-0.1, -0.05) is 17.7 Å². The van der Waals surface area contributed by atoms with Crippen molar-refractivity contribution in [2.24, 2.45) is 0 Å². The maximum atomic E-state index is 12.7. The number of hydrogen-bond acceptors (Lipinski definition) is 4. The van der Waals surface area contributed by atoms with E-state index in [-0.39, 0.29) is 11.9 Å². The van der Waals surface area contributed by atoms with Gasteiger partial charge in [0.1, 0.15) is 5.82 Å². The molecular weight excluding hydrogens is 390 g/mol. The molecule has 0 radical (unpaired) electrons. The summed E-state index contributed by atoms with van der Waals surface area (Å²) in [7, 11) is 0. The van der Waals surface area contributed by atoms with Gasteiger partial charge in [0.05, 0.1) is 5.02 Å². The lowest BCUT2D eigenvalue weighted by molar-refractivity contribution is 0.102. The predicted octanol–water partition coefficient (Wildman–Crippen LogP) is 3.69. The largest absolute Gasteiger partial charge is 0.323 e. The maximum Gasteiger partial charge on any atom is 0.321 e. The molecule has 2 aliphatic rings. The number of aromatic nitrogens is 1. The van der Waals surface area contributed by atoms with Gasteiger partial charge in [0.15, 0.2) is 0 Å². The van der Waals surface area contributed by atoms with Crippen LogP contribution in [0.15, 0.2) is 42.6 Å². The van der Waals surface area contributed by atoms with Crippen LogP contribution in [0, 0.1) is 0 Å². The first-order valence-corrected chi connectivity index (χ1v) is 10.3. The van der Waals surface area contributed by atoms with E-state index in [2.05, 4.69) is 20.5 Å². The highest BCUT2D eigenvalue weighted by Crippen LogP contribution is 2.21. The third-order valence-corrected chi connectivity index (χ3v) is 5.68. The number of nitrogens with one attached hydrogen (secondary N) is 2. The van der Waals surface area contributed by atoms with E-state index >= 15 is 0 Å². The number of amides is 3. The molecule has 3 heterocycles. The van der Waals surface area contributed by atoms with Crippen molar-refractivity contribution in [3.8, 4) is 0 Å². The summed E-state index contributed by atoms with van der Waals surface area (Å²) in [5.41, 5.74) is 1.03. The van der Waals surface area contributed by atoms with Crippen LogP contribution in [0.5, 0.6) is 0 Å². The maximum absolute atomic E-state index is 12.7. The van der Waals surface area contributed by atoms with Gasteiger partial charge in [0.2, 0.25) is 0 Å². The van der Waals surface area contributed by atoms with Gasteiger partial charge < -0.3 is 15.5 Å². The Morgan fingerprint density at radius 2 is 1.90 bits per heavy atom. The van der Waals surface area contributed by atoms with Crippen molar-refractivity contribution in [2.75, 3.05) is 36.8 Å². The van der Waals surface area contributed by atoms with Crippen LogP contribution < -0.4 is 10.6 Å². The topological polar surface area (TPSA) is 77.6 Å². The van der Waals surface area contributed by atoms with E-state index < -0.39 is 0 Å². The molecule has 1 aromatic heterocycles. The number of benzene rings is 1. The third kappa shape index (κ3) is 4.86. The zero-order valence-electron chi connectivity index (χ0n) is 16.1. The fraction of sp³-hybridized carbons (Fsp3) is 0.381. The number of anilines is 2. The first-order chi connectivity index (χ1) is 14.1. The van der Waals surface area contributed by atoms with Crippen molar-refractivity contribution in [1.29, 1.82) is 0 Å². The monoisotopic (exact) mass is 413 g/mol. The Bertz CT molecular complexity index is 883. The highest BCUT2D eigenvalue weighted by Gasteiger charge is 2.31. The van der Waals surface area contributed by atoms with Crippen LogP contribution in [0.1, 0.15) is 29.6 Å². The standard InChI is InChI=1S/C21H24ClN5O2/c22-16-6-7-19(23-13-16)25-20(28)15-4-3-5-17(12-15)24-21(29)27-11-8-18(14-27)26-9-1-2-10-26/h3-7,12-13,18H,1-2,8-11,14H2,(H,24,29)(H,23,25,28). The number of urea groups is 1. The Labute approximate surface area is 175 Å². The molecule has 1 unspecified atom stereocenters. The average Bonchev–Trinajstić information content (AvgIpc) is 3.42. The summed E-state index contributed by atoms with van der Waals surface area (Å²) >= 11 is 5.81. The van der Waals surface area contributed by atoms with Crippen LogP contribution in [-0.4, -0.2) is 58.9 Å². The fourth-order valence-corrected chi connectivity index (χ4v) is 4.02. The molecule has 7 nitrogen and oxygen atoms in total. The highest BCUT2D eigenvalue weighted by molar-refractivity contribution is 6.30. The number of carbonyl (C=O) groups is 2. The quantitative estimate of drug-likeness (QED) is 0.801. The van der Waals surface area contributed by atoms with E-state index in [9.17, 15) is 9.59 Å². The predicted molar refractivity (Wildman–Crippen MR) is 113 cm³/mol. The molecule has 1 atom stereocenters. The van der Waals surface area contributed by atoms with Crippen molar-refractivity contribution >= 4 is 35.0 Å². The first-order valence-electron chi connectivity index (χ1n) is 9.91. The number of hydrogen-bond donors (Lipinski definition) is 2. The van der Waals surface area contributed by atoms with Crippen LogP contribution in [-0.2, 0) is 0 Å². The molecular formula is C21H24ClN5O2. The molecule has 2 N–H and O–H groups in total. The molecule has 4 rings (SSSR count). The molecule has 3 amide bonds. The summed E-state index contributed by atoms with van der Waals surface area (Å²) in [5, 5.41) is 6.14. The zero-order chi connectivity index (χ0) is 20.2. The third-order valence-electron chi connectivity index (χ3n) is 5.45. The van der Waals surface area contributed by atoms with E-state index in [0.717, 1.165) is 32.6 Å². The summed E-state index contributed by atoms with van der Waals surface area (Å²) in [6.45, 7) is 3.79. The Kier molecular flexibility index (Phi) is 5.97. The Hall–Kier alpha value is -2.64. The number of pyridine rings is 1. The lowest BCUT2D eigenvalue weighted by Gasteiger charge is -2.23. The Morgan fingerprint density at radius 1 is 1.07 bits per heavy atom. The van der Waals surface area contributed by atoms with Gasteiger partial charge in [-0.25, -0.2) is 9.78 Å². The minimum absolute atomic E-state index is 0.122. The number of rotatable bonds is 4. The second kappa shape index (κ2) is 8.80. The van der Waals surface area contributed by atoms with Crippen LogP contribution in [0.25, 0.3) is 0 Å². The molecule has 2 aromatic rings. The SMILES string of the molecule is O=C(Nc1ccc(Cl)cn1)c1cccc(NC(=O)N2CCC(N3CCCC3)C2)c1. The second-order valence-electron chi connectivity index (χ2n) is 7.46. The van der Waals surface area contributed by atoms with Crippen molar-refractivity contribution in [3.63, 3.8) is 0 Å². The van der Waals surface area contributed by atoms with Gasteiger partial charge in [-0.3, -0.25) is 9.69 Å². The van der Waals surface area contributed by atoms with Crippen LogP contribution in [0.2, 0.25) is 5.02 Å². The summed E-state index contributed by atoms with van der Waals surface area (Å²) < 4.78 is 0. The van der Waals surface area contributed by atoms with E-state index in [1.807, 2.05) is 4.90 Å². The Balaban J connectivity index is 1.35. The van der Waals surface area contributed by atoms with Gasteiger partial charge in [-0.15, -0.1) is 0 Å².